The van der Waals surface area contributed by atoms with E-state index in [1.807, 2.05) is 0 Å². The lowest BCUT2D eigenvalue weighted by molar-refractivity contribution is -0.137. The molecule has 0 aromatic carbocycles. The highest BCUT2D eigenvalue weighted by Crippen LogP contribution is 2.29. The number of carbonyl (C=O) groups excluding carboxylic acids is 1. The molecule has 1 N–H and O–H groups in total. The normalized spacial score (nSPS) is 38.4. The van der Waals surface area contributed by atoms with Crippen molar-refractivity contribution in [1.82, 2.24) is 10.2 Å². The molecule has 2 saturated heterocycles. The Morgan fingerprint density at radius 1 is 1.35 bits per heavy atom. The number of carbonyl (C=O) groups is 1. The molecule has 0 radical (unpaired) electrons. The van der Waals surface area contributed by atoms with E-state index < -0.39 is 0 Å². The molecule has 2 aliphatic rings. The van der Waals surface area contributed by atoms with Gasteiger partial charge in [-0.25, -0.2) is 0 Å². The van der Waals surface area contributed by atoms with Crippen LogP contribution in [-0.4, -0.2) is 36.0 Å². The Morgan fingerprint density at radius 3 is 2.76 bits per heavy atom. The van der Waals surface area contributed by atoms with Crippen molar-refractivity contribution >= 4 is 5.91 Å². The molecular weight excluding hydrogens is 212 g/mol. The van der Waals surface area contributed by atoms with Gasteiger partial charge in [-0.2, -0.15) is 0 Å². The highest BCUT2D eigenvalue weighted by Gasteiger charge is 2.36. The average molecular weight is 238 g/mol. The van der Waals surface area contributed by atoms with Crippen molar-refractivity contribution in [1.29, 1.82) is 0 Å². The van der Waals surface area contributed by atoms with Crippen LogP contribution in [-0.2, 0) is 4.79 Å². The Bertz CT molecular complexity index is 279. The summed E-state index contributed by atoms with van der Waals surface area (Å²) in [5.41, 5.74) is 0. The molecular formula is C14H26N2O. The predicted octanol–water partition coefficient (Wildman–Crippen LogP) is 2.02. The van der Waals surface area contributed by atoms with Gasteiger partial charge in [-0.15, -0.1) is 0 Å². The number of hydrogen-bond donors (Lipinski definition) is 1. The third kappa shape index (κ3) is 2.82. The maximum Gasteiger partial charge on any atom is 0.226 e. The lowest BCUT2D eigenvalue weighted by Crippen LogP contribution is -2.45. The van der Waals surface area contributed by atoms with Crippen LogP contribution in [0.25, 0.3) is 0 Å². The molecule has 2 unspecified atom stereocenters. The van der Waals surface area contributed by atoms with Crippen molar-refractivity contribution in [3.05, 3.63) is 0 Å². The Balaban J connectivity index is 1.98. The van der Waals surface area contributed by atoms with Crippen molar-refractivity contribution in [2.24, 2.45) is 11.8 Å². The van der Waals surface area contributed by atoms with Crippen LogP contribution in [0, 0.1) is 11.8 Å². The summed E-state index contributed by atoms with van der Waals surface area (Å²) in [5.74, 6) is 1.38. The minimum atomic E-state index is 0.269. The van der Waals surface area contributed by atoms with E-state index in [0.29, 0.717) is 23.9 Å². The van der Waals surface area contributed by atoms with Crippen LogP contribution in [0.2, 0.25) is 0 Å². The number of hydrogen-bond acceptors (Lipinski definition) is 2. The number of nitrogens with one attached hydrogen (secondary N) is 1. The molecule has 4 atom stereocenters. The largest absolute Gasteiger partial charge is 0.339 e. The molecule has 0 spiro atoms. The third-order valence-corrected chi connectivity index (χ3v) is 4.35. The zero-order valence-corrected chi connectivity index (χ0v) is 11.4. The first kappa shape index (κ1) is 12.9. The van der Waals surface area contributed by atoms with E-state index in [0.717, 1.165) is 32.4 Å². The van der Waals surface area contributed by atoms with Gasteiger partial charge in [-0.05, 0) is 45.1 Å². The standard InChI is InChI=1S/C14H26N2O/c1-4-13-7-10(2)9-16(13)14(17)12-5-6-15-11(3)8-12/h10-13,15H,4-9H2,1-3H3/t10?,11-,12-,13?/m0/s1. The van der Waals surface area contributed by atoms with Crippen LogP contribution < -0.4 is 5.32 Å². The van der Waals surface area contributed by atoms with E-state index in [1.54, 1.807) is 0 Å². The lowest BCUT2D eigenvalue weighted by atomic mass is 9.91. The zero-order valence-electron chi connectivity index (χ0n) is 11.4. The van der Waals surface area contributed by atoms with Gasteiger partial charge in [0, 0.05) is 24.5 Å². The summed E-state index contributed by atoms with van der Waals surface area (Å²) in [6.07, 6.45) is 4.34. The summed E-state index contributed by atoms with van der Waals surface area (Å²) in [4.78, 5) is 14.7. The zero-order chi connectivity index (χ0) is 12.4. The molecule has 0 aromatic heterocycles. The van der Waals surface area contributed by atoms with E-state index in [2.05, 4.69) is 31.0 Å². The minimum Gasteiger partial charge on any atom is -0.339 e. The molecule has 98 valence electrons. The fourth-order valence-corrected chi connectivity index (χ4v) is 3.40. The van der Waals surface area contributed by atoms with Crippen molar-refractivity contribution in [2.45, 2.75) is 58.5 Å². The number of likely N-dealkylation sites (tertiary alicyclic amines) is 1. The molecule has 2 fully saturated rings. The van der Waals surface area contributed by atoms with Crippen molar-refractivity contribution in [3.63, 3.8) is 0 Å². The summed E-state index contributed by atoms with van der Waals surface area (Å²) in [7, 11) is 0. The van der Waals surface area contributed by atoms with Crippen LogP contribution in [0.5, 0.6) is 0 Å². The maximum atomic E-state index is 12.6. The first-order chi connectivity index (χ1) is 8.11. The minimum absolute atomic E-state index is 0.269. The molecule has 1 amide bonds. The van der Waals surface area contributed by atoms with Crippen LogP contribution >= 0.6 is 0 Å². The maximum absolute atomic E-state index is 12.6. The molecule has 17 heavy (non-hydrogen) atoms. The van der Waals surface area contributed by atoms with E-state index in [4.69, 9.17) is 0 Å². The molecule has 3 heteroatoms. The third-order valence-electron chi connectivity index (χ3n) is 4.35. The van der Waals surface area contributed by atoms with Crippen LogP contribution in [0.3, 0.4) is 0 Å². The smallest absolute Gasteiger partial charge is 0.226 e. The van der Waals surface area contributed by atoms with Gasteiger partial charge in [0.05, 0.1) is 0 Å². The van der Waals surface area contributed by atoms with Gasteiger partial charge in [-0.3, -0.25) is 4.79 Å². The van der Waals surface area contributed by atoms with E-state index in [9.17, 15) is 4.79 Å². The van der Waals surface area contributed by atoms with Crippen LogP contribution in [0.4, 0.5) is 0 Å². The average Bonchev–Trinajstić information content (AvgIpc) is 2.69. The number of amides is 1. The summed E-state index contributed by atoms with van der Waals surface area (Å²) in [6, 6.07) is 1.00. The highest BCUT2D eigenvalue weighted by atomic mass is 16.2. The van der Waals surface area contributed by atoms with Crippen molar-refractivity contribution < 1.29 is 4.79 Å². The second-order valence-corrected chi connectivity index (χ2v) is 5.97. The lowest BCUT2D eigenvalue weighted by Gasteiger charge is -2.32. The van der Waals surface area contributed by atoms with Gasteiger partial charge in [0.2, 0.25) is 5.91 Å². The van der Waals surface area contributed by atoms with Gasteiger partial charge in [0.1, 0.15) is 0 Å². The van der Waals surface area contributed by atoms with Gasteiger partial charge in [0.25, 0.3) is 0 Å². The second-order valence-electron chi connectivity index (χ2n) is 5.97. The number of rotatable bonds is 2. The van der Waals surface area contributed by atoms with Gasteiger partial charge >= 0.3 is 0 Å². The first-order valence-electron chi connectivity index (χ1n) is 7.15. The van der Waals surface area contributed by atoms with E-state index in [-0.39, 0.29) is 5.92 Å². The fraction of sp³-hybridized carbons (Fsp3) is 0.929. The quantitative estimate of drug-likeness (QED) is 0.798. The van der Waals surface area contributed by atoms with Crippen LogP contribution in [0.15, 0.2) is 0 Å². The number of piperidine rings is 1. The van der Waals surface area contributed by atoms with E-state index >= 15 is 0 Å². The van der Waals surface area contributed by atoms with Gasteiger partial charge in [0.15, 0.2) is 0 Å². The monoisotopic (exact) mass is 238 g/mol. The van der Waals surface area contributed by atoms with Crippen molar-refractivity contribution in [3.8, 4) is 0 Å². The molecule has 2 rings (SSSR count). The molecule has 0 bridgehead atoms. The topological polar surface area (TPSA) is 32.3 Å². The Labute approximate surface area is 105 Å². The fourth-order valence-electron chi connectivity index (χ4n) is 3.40. The predicted molar refractivity (Wildman–Crippen MR) is 69.8 cm³/mol. The molecule has 2 heterocycles. The molecule has 0 aliphatic carbocycles. The van der Waals surface area contributed by atoms with Gasteiger partial charge < -0.3 is 10.2 Å². The summed E-state index contributed by atoms with van der Waals surface area (Å²) < 4.78 is 0. The van der Waals surface area contributed by atoms with Gasteiger partial charge in [-0.1, -0.05) is 13.8 Å². The Hall–Kier alpha value is -0.570. The Morgan fingerprint density at radius 2 is 2.12 bits per heavy atom. The molecule has 0 aromatic rings. The second kappa shape index (κ2) is 5.38. The Kier molecular flexibility index (Phi) is 4.08. The number of nitrogens with zero attached hydrogens (tertiary/aromatic N) is 1. The molecule has 0 saturated carbocycles. The molecule has 3 nitrogen and oxygen atoms in total. The van der Waals surface area contributed by atoms with Crippen molar-refractivity contribution in [2.75, 3.05) is 13.1 Å². The van der Waals surface area contributed by atoms with Crippen LogP contribution in [0.1, 0.15) is 46.5 Å². The molecule has 2 aliphatic heterocycles. The SMILES string of the molecule is CCC1CC(C)CN1C(=O)[C@H]1CCN[C@@H](C)C1. The summed E-state index contributed by atoms with van der Waals surface area (Å²) in [5, 5.41) is 3.42. The summed E-state index contributed by atoms with van der Waals surface area (Å²) >= 11 is 0. The highest BCUT2D eigenvalue weighted by molar-refractivity contribution is 5.79. The van der Waals surface area contributed by atoms with E-state index in [1.165, 1.54) is 6.42 Å². The first-order valence-corrected chi connectivity index (χ1v) is 7.15. The summed E-state index contributed by atoms with van der Waals surface area (Å²) in [6.45, 7) is 8.63.